The van der Waals surface area contributed by atoms with Crippen LogP contribution in [0.1, 0.15) is 42.5 Å². The first kappa shape index (κ1) is 27.1. The highest BCUT2D eigenvalue weighted by atomic mass is 35.5. The molecule has 0 spiro atoms. The molecule has 36 heavy (non-hydrogen) atoms. The molecule has 0 aliphatic rings. The van der Waals surface area contributed by atoms with E-state index >= 15 is 0 Å². The molecule has 0 aliphatic heterocycles. The lowest BCUT2D eigenvalue weighted by atomic mass is 10.0. The van der Waals surface area contributed by atoms with E-state index in [2.05, 4.69) is 5.32 Å². The quantitative estimate of drug-likeness (QED) is 0.346. The Morgan fingerprint density at radius 2 is 1.58 bits per heavy atom. The lowest BCUT2D eigenvalue weighted by Gasteiger charge is -2.31. The molecule has 1 unspecified atom stereocenters. The predicted molar refractivity (Wildman–Crippen MR) is 142 cm³/mol. The Bertz CT molecular complexity index is 1140. The smallest absolute Gasteiger partial charge is 0.247 e. The molecule has 0 heterocycles. The van der Waals surface area contributed by atoms with Crippen LogP contribution in [0.5, 0.6) is 11.5 Å². The minimum absolute atomic E-state index is 0.0728. The van der Waals surface area contributed by atoms with E-state index in [9.17, 15) is 9.59 Å². The Kier molecular flexibility index (Phi) is 10.2. The number of halogens is 1. The maximum Gasteiger partial charge on any atom is 0.247 e. The first-order valence-electron chi connectivity index (χ1n) is 12.0. The van der Waals surface area contributed by atoms with E-state index < -0.39 is 6.04 Å². The third-order valence-corrected chi connectivity index (χ3v) is 6.14. The van der Waals surface area contributed by atoms with Crippen molar-refractivity contribution in [3.05, 3.63) is 94.5 Å². The zero-order valence-electron chi connectivity index (χ0n) is 21.0. The average Bonchev–Trinajstić information content (AvgIpc) is 2.90. The highest BCUT2D eigenvalue weighted by Crippen LogP contribution is 2.28. The predicted octanol–water partition coefficient (Wildman–Crippen LogP) is 5.59. The van der Waals surface area contributed by atoms with E-state index in [0.29, 0.717) is 48.9 Å². The summed E-state index contributed by atoms with van der Waals surface area (Å²) in [5, 5.41) is 3.67. The summed E-state index contributed by atoms with van der Waals surface area (Å²) in [6.07, 6.45) is 1.65. The molecule has 1 N–H and O–H groups in total. The maximum absolute atomic E-state index is 13.6. The van der Waals surface area contributed by atoms with Gasteiger partial charge in [0.2, 0.25) is 11.8 Å². The van der Waals surface area contributed by atoms with Crippen LogP contribution in [0.2, 0.25) is 5.02 Å². The van der Waals surface area contributed by atoms with Crippen molar-refractivity contribution in [2.45, 2.75) is 38.8 Å². The first-order valence-corrected chi connectivity index (χ1v) is 12.4. The molecule has 7 heteroatoms. The number of nitrogens with zero attached hydrogens (tertiary/aromatic N) is 1. The lowest BCUT2D eigenvalue weighted by molar-refractivity contribution is -0.141. The van der Waals surface area contributed by atoms with Crippen molar-refractivity contribution in [2.24, 2.45) is 0 Å². The van der Waals surface area contributed by atoms with Gasteiger partial charge in [0, 0.05) is 24.5 Å². The molecule has 0 radical (unpaired) electrons. The van der Waals surface area contributed by atoms with E-state index in [0.717, 1.165) is 16.7 Å². The van der Waals surface area contributed by atoms with Gasteiger partial charge in [-0.3, -0.25) is 9.59 Å². The molecule has 0 saturated heterocycles. The van der Waals surface area contributed by atoms with Crippen LogP contribution in [0.4, 0.5) is 0 Å². The summed E-state index contributed by atoms with van der Waals surface area (Å²) < 4.78 is 10.7. The second-order valence-electron chi connectivity index (χ2n) is 8.44. The standard InChI is InChI=1S/C29H33ClN2O4/c1-4-8-27(33)32(20-22-11-14-24(30)15-12-22)28(23-9-6-5-7-10-23)29(34)31-18-17-21-13-16-25(35-2)26(19-21)36-3/h5-7,9-16,19,28H,4,8,17-18,20H2,1-3H3,(H,31,34). The summed E-state index contributed by atoms with van der Waals surface area (Å²) in [4.78, 5) is 28.5. The summed E-state index contributed by atoms with van der Waals surface area (Å²) >= 11 is 6.05. The molecule has 190 valence electrons. The number of hydrogen-bond acceptors (Lipinski definition) is 4. The van der Waals surface area contributed by atoms with Crippen LogP contribution >= 0.6 is 11.6 Å². The summed E-state index contributed by atoms with van der Waals surface area (Å²) in [6, 6.07) is 21.7. The van der Waals surface area contributed by atoms with Crippen molar-refractivity contribution < 1.29 is 19.1 Å². The topological polar surface area (TPSA) is 67.9 Å². The third kappa shape index (κ3) is 7.25. The maximum atomic E-state index is 13.6. The van der Waals surface area contributed by atoms with Crippen molar-refractivity contribution in [3.63, 3.8) is 0 Å². The third-order valence-electron chi connectivity index (χ3n) is 5.89. The first-order chi connectivity index (χ1) is 17.5. The molecule has 0 aliphatic carbocycles. The van der Waals surface area contributed by atoms with Crippen LogP contribution in [0.15, 0.2) is 72.8 Å². The van der Waals surface area contributed by atoms with E-state index in [1.807, 2.05) is 67.6 Å². The fourth-order valence-corrected chi connectivity index (χ4v) is 4.16. The van der Waals surface area contributed by atoms with E-state index in [4.69, 9.17) is 21.1 Å². The number of carbonyl (C=O) groups is 2. The van der Waals surface area contributed by atoms with Gasteiger partial charge in [-0.25, -0.2) is 0 Å². The second-order valence-corrected chi connectivity index (χ2v) is 8.88. The summed E-state index contributed by atoms with van der Waals surface area (Å²) in [7, 11) is 3.19. The van der Waals surface area contributed by atoms with Gasteiger partial charge in [0.1, 0.15) is 6.04 Å². The number of nitrogens with one attached hydrogen (secondary N) is 1. The van der Waals surface area contributed by atoms with E-state index in [-0.39, 0.29) is 11.8 Å². The van der Waals surface area contributed by atoms with Crippen LogP contribution in [0, 0.1) is 0 Å². The molecule has 1 atom stereocenters. The van der Waals surface area contributed by atoms with Crippen LogP contribution in [0.3, 0.4) is 0 Å². The molecule has 0 saturated carbocycles. The zero-order valence-corrected chi connectivity index (χ0v) is 21.8. The highest BCUT2D eigenvalue weighted by molar-refractivity contribution is 6.30. The largest absolute Gasteiger partial charge is 0.493 e. The fraction of sp³-hybridized carbons (Fsp3) is 0.310. The number of benzene rings is 3. The second kappa shape index (κ2) is 13.5. The number of methoxy groups -OCH3 is 2. The van der Waals surface area contributed by atoms with Crippen molar-refractivity contribution in [3.8, 4) is 11.5 Å². The molecule has 0 fully saturated rings. The molecule has 0 bridgehead atoms. The van der Waals surface area contributed by atoms with Crippen molar-refractivity contribution in [1.29, 1.82) is 0 Å². The Morgan fingerprint density at radius 1 is 0.917 bits per heavy atom. The number of hydrogen-bond donors (Lipinski definition) is 1. The van der Waals surface area contributed by atoms with Crippen LogP contribution < -0.4 is 14.8 Å². The molecule has 3 aromatic carbocycles. The van der Waals surface area contributed by atoms with E-state index in [1.54, 1.807) is 31.3 Å². The zero-order chi connectivity index (χ0) is 25.9. The van der Waals surface area contributed by atoms with Crippen molar-refractivity contribution >= 4 is 23.4 Å². The number of amides is 2. The van der Waals surface area contributed by atoms with Gasteiger partial charge in [-0.1, -0.05) is 67.1 Å². The molecule has 6 nitrogen and oxygen atoms in total. The molecule has 3 rings (SSSR count). The fourth-order valence-electron chi connectivity index (χ4n) is 4.04. The lowest BCUT2D eigenvalue weighted by Crippen LogP contribution is -2.43. The van der Waals surface area contributed by atoms with Gasteiger partial charge in [0.05, 0.1) is 14.2 Å². The number of ether oxygens (including phenoxy) is 2. The van der Waals surface area contributed by atoms with Gasteiger partial charge in [-0.15, -0.1) is 0 Å². The van der Waals surface area contributed by atoms with Gasteiger partial charge in [-0.05, 0) is 53.8 Å². The molecule has 3 aromatic rings. The summed E-state index contributed by atoms with van der Waals surface area (Å²) in [5.74, 6) is 1.00. The van der Waals surface area contributed by atoms with Gasteiger partial charge in [0.25, 0.3) is 0 Å². The van der Waals surface area contributed by atoms with E-state index in [1.165, 1.54) is 0 Å². The van der Waals surface area contributed by atoms with Crippen LogP contribution in [0.25, 0.3) is 0 Å². The van der Waals surface area contributed by atoms with Crippen molar-refractivity contribution in [2.75, 3.05) is 20.8 Å². The molecule has 2 amide bonds. The minimum Gasteiger partial charge on any atom is -0.493 e. The molecular formula is C29H33ClN2O4. The monoisotopic (exact) mass is 508 g/mol. The van der Waals surface area contributed by atoms with Gasteiger partial charge >= 0.3 is 0 Å². The van der Waals surface area contributed by atoms with Crippen LogP contribution in [-0.4, -0.2) is 37.5 Å². The number of carbonyl (C=O) groups excluding carboxylic acids is 2. The van der Waals surface area contributed by atoms with Gasteiger partial charge < -0.3 is 19.7 Å². The Labute approximate surface area is 218 Å². The Balaban J connectivity index is 1.82. The normalized spacial score (nSPS) is 11.4. The molecule has 0 aromatic heterocycles. The summed E-state index contributed by atoms with van der Waals surface area (Å²) in [5.41, 5.74) is 2.67. The highest BCUT2D eigenvalue weighted by Gasteiger charge is 2.31. The minimum atomic E-state index is -0.758. The van der Waals surface area contributed by atoms with Crippen LogP contribution in [-0.2, 0) is 22.6 Å². The van der Waals surface area contributed by atoms with Crippen molar-refractivity contribution in [1.82, 2.24) is 10.2 Å². The molecular weight excluding hydrogens is 476 g/mol. The van der Waals surface area contributed by atoms with Gasteiger partial charge in [-0.2, -0.15) is 0 Å². The number of rotatable bonds is 12. The Hall–Kier alpha value is -3.51. The van der Waals surface area contributed by atoms with Gasteiger partial charge in [0.15, 0.2) is 11.5 Å². The summed E-state index contributed by atoms with van der Waals surface area (Å²) in [6.45, 7) is 2.67. The SMILES string of the molecule is CCCC(=O)N(Cc1ccc(Cl)cc1)C(C(=O)NCCc1ccc(OC)c(OC)c1)c1ccccc1. The average molecular weight is 509 g/mol. The Morgan fingerprint density at radius 3 is 2.22 bits per heavy atom.